The van der Waals surface area contributed by atoms with Crippen LogP contribution in [0.2, 0.25) is 0 Å². The zero-order valence-electron chi connectivity index (χ0n) is 9.71. The normalized spacial score (nSPS) is 12.5. The van der Waals surface area contributed by atoms with Crippen molar-refractivity contribution in [1.82, 2.24) is 0 Å². The topological polar surface area (TPSA) is 20.2 Å². The Bertz CT molecular complexity index is 581. The van der Waals surface area contributed by atoms with Crippen molar-refractivity contribution >= 4 is 0 Å². The summed E-state index contributed by atoms with van der Waals surface area (Å²) in [6.45, 7) is 0. The molecule has 1 nitrogen and oxygen atoms in total. The van der Waals surface area contributed by atoms with Gasteiger partial charge in [0.05, 0.1) is 6.10 Å². The lowest BCUT2D eigenvalue weighted by molar-refractivity contribution is 0.172. The molecule has 0 saturated heterocycles. The molecule has 0 aliphatic heterocycles. The Kier molecular flexibility index (Phi) is 3.85. The van der Waals surface area contributed by atoms with E-state index < -0.39 is 29.4 Å². The van der Waals surface area contributed by atoms with Gasteiger partial charge in [0.25, 0.3) is 0 Å². The van der Waals surface area contributed by atoms with Crippen molar-refractivity contribution in [3.8, 4) is 0 Å². The van der Waals surface area contributed by atoms with Crippen molar-refractivity contribution in [2.75, 3.05) is 0 Å². The van der Waals surface area contributed by atoms with E-state index in [9.17, 15) is 22.7 Å². The zero-order chi connectivity index (χ0) is 14.0. The number of rotatable bonds is 3. The molecule has 2 rings (SSSR count). The molecule has 0 heterocycles. The van der Waals surface area contributed by atoms with Crippen molar-refractivity contribution in [2.24, 2.45) is 0 Å². The highest BCUT2D eigenvalue weighted by molar-refractivity contribution is 5.25. The fourth-order valence-electron chi connectivity index (χ4n) is 1.75. The van der Waals surface area contributed by atoms with E-state index in [-0.39, 0.29) is 12.0 Å². The second kappa shape index (κ2) is 5.40. The molecule has 2 aromatic rings. The molecule has 1 unspecified atom stereocenters. The van der Waals surface area contributed by atoms with Gasteiger partial charge in [0.1, 0.15) is 11.6 Å². The summed E-state index contributed by atoms with van der Waals surface area (Å²) in [4.78, 5) is 0. The van der Waals surface area contributed by atoms with Gasteiger partial charge in [-0.2, -0.15) is 0 Å². The van der Waals surface area contributed by atoms with E-state index >= 15 is 0 Å². The van der Waals surface area contributed by atoms with Crippen molar-refractivity contribution in [3.05, 3.63) is 70.8 Å². The highest BCUT2D eigenvalue weighted by atomic mass is 19.2. The standard InChI is InChI=1S/C14H10F4O/c15-9-3-1-8(2-4-9)5-14(19)10-6-12(17)13(18)7-11(10)16/h1-4,6-7,14,19H,5H2. The largest absolute Gasteiger partial charge is 0.388 e. The van der Waals surface area contributed by atoms with Gasteiger partial charge in [0.15, 0.2) is 11.6 Å². The van der Waals surface area contributed by atoms with Crippen molar-refractivity contribution in [2.45, 2.75) is 12.5 Å². The van der Waals surface area contributed by atoms with E-state index in [1.807, 2.05) is 0 Å². The zero-order valence-corrected chi connectivity index (χ0v) is 9.71. The number of hydrogen-bond acceptors (Lipinski definition) is 1. The van der Waals surface area contributed by atoms with Gasteiger partial charge in [-0.15, -0.1) is 0 Å². The molecule has 0 radical (unpaired) electrons. The van der Waals surface area contributed by atoms with Gasteiger partial charge in [-0.1, -0.05) is 12.1 Å². The van der Waals surface area contributed by atoms with E-state index in [4.69, 9.17) is 0 Å². The van der Waals surface area contributed by atoms with E-state index in [1.54, 1.807) is 0 Å². The Morgan fingerprint density at radius 1 is 0.842 bits per heavy atom. The van der Waals surface area contributed by atoms with Crippen LogP contribution >= 0.6 is 0 Å². The van der Waals surface area contributed by atoms with Crippen LogP contribution in [0, 0.1) is 23.3 Å². The summed E-state index contributed by atoms with van der Waals surface area (Å²) in [5, 5.41) is 9.82. The van der Waals surface area contributed by atoms with Crippen molar-refractivity contribution in [3.63, 3.8) is 0 Å². The predicted octanol–water partition coefficient (Wildman–Crippen LogP) is 3.52. The maximum atomic E-state index is 13.4. The number of aliphatic hydroxyl groups excluding tert-OH is 1. The Morgan fingerprint density at radius 3 is 2.05 bits per heavy atom. The van der Waals surface area contributed by atoms with Crippen molar-refractivity contribution < 1.29 is 22.7 Å². The van der Waals surface area contributed by atoms with Crippen LogP contribution in [0.4, 0.5) is 17.6 Å². The van der Waals surface area contributed by atoms with E-state index in [1.165, 1.54) is 24.3 Å². The molecule has 0 saturated carbocycles. The van der Waals surface area contributed by atoms with Crippen LogP contribution in [-0.4, -0.2) is 5.11 Å². The molecular formula is C14H10F4O. The summed E-state index contributed by atoms with van der Waals surface area (Å²) in [6.07, 6.45) is -1.36. The maximum Gasteiger partial charge on any atom is 0.161 e. The summed E-state index contributed by atoms with van der Waals surface area (Å²) in [7, 11) is 0. The molecule has 0 spiro atoms. The third-order valence-electron chi connectivity index (χ3n) is 2.74. The molecule has 0 aliphatic carbocycles. The van der Waals surface area contributed by atoms with Gasteiger partial charge in [0, 0.05) is 18.1 Å². The highest BCUT2D eigenvalue weighted by Gasteiger charge is 2.17. The first kappa shape index (κ1) is 13.5. The molecular weight excluding hydrogens is 260 g/mol. The van der Waals surface area contributed by atoms with Crippen LogP contribution in [0.3, 0.4) is 0 Å². The quantitative estimate of drug-likeness (QED) is 0.668. The Morgan fingerprint density at radius 2 is 1.42 bits per heavy atom. The van der Waals surface area contributed by atoms with Crippen LogP contribution < -0.4 is 0 Å². The second-order valence-electron chi connectivity index (χ2n) is 4.13. The summed E-state index contributed by atoms with van der Waals surface area (Å²) < 4.78 is 51.9. The first-order valence-corrected chi connectivity index (χ1v) is 5.54. The smallest absolute Gasteiger partial charge is 0.161 e. The number of benzene rings is 2. The number of aliphatic hydroxyl groups is 1. The maximum absolute atomic E-state index is 13.4. The molecule has 0 aromatic heterocycles. The summed E-state index contributed by atoms with van der Waals surface area (Å²) in [5.41, 5.74) is 0.223. The van der Waals surface area contributed by atoms with Gasteiger partial charge in [0.2, 0.25) is 0 Å². The molecule has 19 heavy (non-hydrogen) atoms. The van der Waals surface area contributed by atoms with Gasteiger partial charge in [-0.25, -0.2) is 17.6 Å². The van der Waals surface area contributed by atoms with Gasteiger partial charge >= 0.3 is 0 Å². The average Bonchev–Trinajstić information content (AvgIpc) is 2.36. The Balaban J connectivity index is 2.22. The molecule has 0 aliphatic rings. The fourth-order valence-corrected chi connectivity index (χ4v) is 1.75. The number of hydrogen-bond donors (Lipinski definition) is 1. The first-order chi connectivity index (χ1) is 8.97. The molecule has 1 N–H and O–H groups in total. The Hall–Kier alpha value is -1.88. The molecule has 0 fully saturated rings. The Labute approximate surface area is 107 Å². The van der Waals surface area contributed by atoms with Crippen LogP contribution in [0.25, 0.3) is 0 Å². The van der Waals surface area contributed by atoms with Crippen LogP contribution in [0.5, 0.6) is 0 Å². The van der Waals surface area contributed by atoms with Crippen LogP contribution in [-0.2, 0) is 6.42 Å². The van der Waals surface area contributed by atoms with Gasteiger partial charge in [-0.05, 0) is 23.8 Å². The lowest BCUT2D eigenvalue weighted by Crippen LogP contribution is -2.06. The van der Waals surface area contributed by atoms with Gasteiger partial charge < -0.3 is 5.11 Å². The molecule has 100 valence electrons. The van der Waals surface area contributed by atoms with Gasteiger partial charge in [-0.3, -0.25) is 0 Å². The predicted molar refractivity (Wildman–Crippen MR) is 61.4 cm³/mol. The minimum Gasteiger partial charge on any atom is -0.388 e. The molecule has 5 heteroatoms. The molecule has 0 bridgehead atoms. The lowest BCUT2D eigenvalue weighted by Gasteiger charge is -2.12. The first-order valence-electron chi connectivity index (χ1n) is 5.54. The fraction of sp³-hybridized carbons (Fsp3) is 0.143. The summed E-state index contributed by atoms with van der Waals surface area (Å²) in [5.74, 6) is -3.99. The highest BCUT2D eigenvalue weighted by Crippen LogP contribution is 2.23. The third-order valence-corrected chi connectivity index (χ3v) is 2.74. The average molecular weight is 270 g/mol. The molecule has 2 aromatic carbocycles. The molecule has 1 atom stereocenters. The summed E-state index contributed by atoms with van der Waals surface area (Å²) >= 11 is 0. The van der Waals surface area contributed by atoms with E-state index in [2.05, 4.69) is 0 Å². The third kappa shape index (κ3) is 3.12. The number of halogens is 4. The lowest BCUT2D eigenvalue weighted by atomic mass is 10.0. The van der Waals surface area contributed by atoms with Crippen LogP contribution in [0.15, 0.2) is 36.4 Å². The summed E-state index contributed by atoms with van der Waals surface area (Å²) in [6, 6.07) is 6.26. The SMILES string of the molecule is OC(Cc1ccc(F)cc1)c1cc(F)c(F)cc1F. The monoisotopic (exact) mass is 270 g/mol. The van der Waals surface area contributed by atoms with E-state index in [0.29, 0.717) is 17.7 Å². The minimum atomic E-state index is -1.33. The minimum absolute atomic E-state index is 0.0255. The molecule has 0 amide bonds. The second-order valence-corrected chi connectivity index (χ2v) is 4.13. The van der Waals surface area contributed by atoms with E-state index in [0.717, 1.165) is 0 Å². The van der Waals surface area contributed by atoms with Crippen LogP contribution in [0.1, 0.15) is 17.2 Å². The van der Waals surface area contributed by atoms with Crippen molar-refractivity contribution in [1.29, 1.82) is 0 Å².